The zero-order valence-electron chi connectivity index (χ0n) is 23.1. The largest absolute Gasteiger partial charge is 0.492 e. The Morgan fingerprint density at radius 2 is 1.74 bits per heavy atom. The molecule has 3 N–H and O–H groups in total. The van der Waals surface area contributed by atoms with Gasteiger partial charge in [-0.2, -0.15) is 0 Å². The molecule has 1 fully saturated rings. The van der Waals surface area contributed by atoms with Gasteiger partial charge < -0.3 is 20.5 Å². The molecule has 42 heavy (non-hydrogen) atoms. The third-order valence-electron chi connectivity index (χ3n) is 7.59. The van der Waals surface area contributed by atoms with Crippen LogP contribution in [-0.4, -0.2) is 53.2 Å². The summed E-state index contributed by atoms with van der Waals surface area (Å²) in [6.45, 7) is 3.52. The Morgan fingerprint density at radius 3 is 2.45 bits per heavy atom. The molecule has 11 heteroatoms. The summed E-state index contributed by atoms with van der Waals surface area (Å²) >= 11 is 12.7. The van der Waals surface area contributed by atoms with Crippen LogP contribution in [0.5, 0.6) is 5.75 Å². The van der Waals surface area contributed by atoms with Gasteiger partial charge >= 0.3 is 5.97 Å². The highest BCUT2D eigenvalue weighted by Crippen LogP contribution is 2.38. The number of hydrogen-bond acceptors (Lipinski definition) is 5. The first-order valence-corrected chi connectivity index (χ1v) is 14.2. The minimum absolute atomic E-state index is 0. The fourth-order valence-corrected chi connectivity index (χ4v) is 5.98. The zero-order valence-corrected chi connectivity index (χ0v) is 27.0. The monoisotopic (exact) mass is 673 g/mol. The molecule has 1 saturated heterocycles. The van der Waals surface area contributed by atoms with E-state index in [1.54, 1.807) is 12.1 Å². The van der Waals surface area contributed by atoms with Crippen molar-refractivity contribution in [2.45, 2.75) is 44.6 Å². The number of aryl methyl sites for hydroxylation is 2. The normalized spacial score (nSPS) is 15.1. The molecule has 3 aromatic rings. The highest BCUT2D eigenvalue weighted by molar-refractivity contribution is 6.32. The molecule has 5 rings (SSSR count). The summed E-state index contributed by atoms with van der Waals surface area (Å²) in [4.78, 5) is 18.3. The van der Waals surface area contributed by atoms with Crippen LogP contribution in [0.2, 0.25) is 10.0 Å². The lowest BCUT2D eigenvalue weighted by Gasteiger charge is -2.30. The van der Waals surface area contributed by atoms with Crippen LogP contribution in [-0.2, 0) is 24.1 Å². The first-order valence-electron chi connectivity index (χ1n) is 13.5. The summed E-state index contributed by atoms with van der Waals surface area (Å²) in [7, 11) is 0. The summed E-state index contributed by atoms with van der Waals surface area (Å²) in [5, 5.41) is 10.3. The number of halogens is 5. The van der Waals surface area contributed by atoms with E-state index in [1.165, 1.54) is 27.8 Å². The molecular formula is C31H36Cl5N3O3. The van der Waals surface area contributed by atoms with Crippen LogP contribution in [0.25, 0.3) is 5.57 Å². The van der Waals surface area contributed by atoms with Crippen molar-refractivity contribution < 1.29 is 14.6 Å². The quantitative estimate of drug-likeness (QED) is 0.249. The Balaban J connectivity index is 0.00000205. The van der Waals surface area contributed by atoms with Gasteiger partial charge in [0.05, 0.1) is 17.3 Å². The fourth-order valence-electron chi connectivity index (χ4n) is 5.53. The molecule has 0 radical (unpaired) electrons. The lowest BCUT2D eigenvalue weighted by Crippen LogP contribution is -2.32. The molecule has 0 saturated carbocycles. The average molecular weight is 676 g/mol. The smallest absolute Gasteiger partial charge is 0.320 e. The number of pyridine rings is 1. The minimum Gasteiger partial charge on any atom is -0.492 e. The van der Waals surface area contributed by atoms with Crippen molar-refractivity contribution in [3.63, 3.8) is 0 Å². The number of nitrogens with zero attached hydrogens (tertiary/aromatic N) is 2. The van der Waals surface area contributed by atoms with Crippen molar-refractivity contribution in [1.29, 1.82) is 0 Å². The van der Waals surface area contributed by atoms with E-state index in [9.17, 15) is 4.79 Å². The molecule has 2 aromatic carbocycles. The number of fused-ring (bicyclic) bond motifs is 2. The van der Waals surface area contributed by atoms with Crippen LogP contribution in [0.1, 0.15) is 47.2 Å². The molecule has 0 spiro atoms. The molecule has 1 unspecified atom stereocenters. The molecule has 228 valence electrons. The van der Waals surface area contributed by atoms with Crippen LogP contribution >= 0.6 is 60.4 Å². The second kappa shape index (κ2) is 16.7. The van der Waals surface area contributed by atoms with Crippen molar-refractivity contribution in [2.24, 2.45) is 5.73 Å². The van der Waals surface area contributed by atoms with E-state index in [4.69, 9.17) is 43.8 Å². The van der Waals surface area contributed by atoms with E-state index >= 15 is 0 Å². The Kier molecular flexibility index (Phi) is 14.4. The van der Waals surface area contributed by atoms with E-state index in [1.807, 2.05) is 24.4 Å². The number of nitrogens with two attached hydrogens (primary N) is 1. The molecule has 1 atom stereocenters. The maximum atomic E-state index is 11.0. The van der Waals surface area contributed by atoms with Gasteiger partial charge in [-0.15, -0.1) is 37.2 Å². The van der Waals surface area contributed by atoms with Crippen molar-refractivity contribution in [3.05, 3.63) is 98.3 Å². The Morgan fingerprint density at radius 1 is 1.00 bits per heavy atom. The first kappa shape index (κ1) is 36.2. The predicted molar refractivity (Wildman–Crippen MR) is 177 cm³/mol. The lowest BCUT2D eigenvalue weighted by molar-refractivity contribution is -0.138. The number of benzene rings is 2. The Bertz CT molecular complexity index is 1390. The maximum absolute atomic E-state index is 11.0. The SMILES string of the molecule is Cl.Cl.Cl.NC(Cc1ccc(OCCCN2CCC(=C3c4ccc(Cl)cc4CCc4cccnc43)CC2)c(Cl)c1)C(=O)O. The lowest BCUT2D eigenvalue weighted by atomic mass is 9.88. The summed E-state index contributed by atoms with van der Waals surface area (Å²) in [6.07, 6.45) is 6.99. The molecule has 1 aromatic heterocycles. The number of aliphatic carboxylic acids is 1. The molecular weight excluding hydrogens is 640 g/mol. The number of piperidine rings is 1. The standard InChI is InChI=1S/C31H33Cl2N3O3.3ClH/c32-24-7-8-25-23(19-24)6-5-22-3-1-12-35-30(22)29(25)21-10-14-36(15-11-21)13-2-16-39-28-9-4-20(17-26(28)33)18-27(34)31(37)38;;;/h1,3-4,7-9,12,17,19,27H,2,5-6,10-11,13-16,18,34H2,(H,37,38);3*1H. The van der Waals surface area contributed by atoms with E-state index in [-0.39, 0.29) is 43.6 Å². The topological polar surface area (TPSA) is 88.7 Å². The van der Waals surface area contributed by atoms with Gasteiger partial charge in [0.1, 0.15) is 11.8 Å². The van der Waals surface area contributed by atoms with Crippen LogP contribution in [0.4, 0.5) is 0 Å². The third-order valence-corrected chi connectivity index (χ3v) is 8.12. The van der Waals surface area contributed by atoms with Crippen molar-refractivity contribution in [1.82, 2.24) is 9.88 Å². The molecule has 6 nitrogen and oxygen atoms in total. The number of aromatic nitrogens is 1. The number of rotatable bonds is 8. The first-order chi connectivity index (χ1) is 18.9. The van der Waals surface area contributed by atoms with Gasteiger partial charge in [-0.1, -0.05) is 47.0 Å². The molecule has 0 amide bonds. The number of likely N-dealkylation sites (tertiary alicyclic amines) is 1. The number of carboxylic acid groups (broad SMARTS) is 1. The second-order valence-electron chi connectivity index (χ2n) is 10.2. The van der Waals surface area contributed by atoms with E-state index in [2.05, 4.69) is 23.1 Å². The Labute approximate surface area is 275 Å². The minimum atomic E-state index is -1.03. The van der Waals surface area contributed by atoms with Crippen molar-refractivity contribution in [3.8, 4) is 5.75 Å². The summed E-state index contributed by atoms with van der Waals surface area (Å²) in [5.41, 5.74) is 14.2. The molecule has 1 aliphatic heterocycles. The number of carboxylic acids is 1. The van der Waals surface area contributed by atoms with Gasteiger partial charge in [-0.3, -0.25) is 9.78 Å². The van der Waals surface area contributed by atoms with E-state index in [0.717, 1.165) is 68.0 Å². The van der Waals surface area contributed by atoms with Crippen LogP contribution in [0.15, 0.2) is 60.3 Å². The van der Waals surface area contributed by atoms with Gasteiger partial charge in [0.25, 0.3) is 0 Å². The highest BCUT2D eigenvalue weighted by Gasteiger charge is 2.25. The zero-order chi connectivity index (χ0) is 27.4. The number of ether oxygens (including phenoxy) is 1. The Hall–Kier alpha value is -2.03. The van der Waals surface area contributed by atoms with Crippen LogP contribution < -0.4 is 10.5 Å². The van der Waals surface area contributed by atoms with E-state index < -0.39 is 12.0 Å². The summed E-state index contributed by atoms with van der Waals surface area (Å²) < 4.78 is 5.92. The van der Waals surface area contributed by atoms with Crippen molar-refractivity contribution in [2.75, 3.05) is 26.2 Å². The highest BCUT2D eigenvalue weighted by atomic mass is 35.5. The van der Waals surface area contributed by atoms with Gasteiger partial charge in [-0.05, 0) is 91.1 Å². The third kappa shape index (κ3) is 8.76. The molecule has 1 aliphatic carbocycles. The molecule has 2 heterocycles. The average Bonchev–Trinajstić information content (AvgIpc) is 3.09. The number of carbonyl (C=O) groups is 1. The van der Waals surface area contributed by atoms with E-state index in [0.29, 0.717) is 17.4 Å². The van der Waals surface area contributed by atoms with Gasteiger partial charge in [0, 0.05) is 36.4 Å². The predicted octanol–water partition coefficient (Wildman–Crippen LogP) is 7.07. The number of hydrogen-bond donors (Lipinski definition) is 2. The van der Waals surface area contributed by atoms with Crippen LogP contribution in [0.3, 0.4) is 0 Å². The summed E-state index contributed by atoms with van der Waals surface area (Å²) in [5.74, 6) is -0.425. The molecule has 2 aliphatic rings. The summed E-state index contributed by atoms with van der Waals surface area (Å²) in [6, 6.07) is 14.9. The van der Waals surface area contributed by atoms with Crippen LogP contribution in [0, 0.1) is 0 Å². The fraction of sp³-hybridized carbons (Fsp3) is 0.355. The van der Waals surface area contributed by atoms with Gasteiger partial charge in [0.15, 0.2) is 0 Å². The van der Waals surface area contributed by atoms with Crippen molar-refractivity contribution >= 4 is 72.0 Å². The molecule has 0 bridgehead atoms. The maximum Gasteiger partial charge on any atom is 0.320 e. The van der Waals surface area contributed by atoms with Gasteiger partial charge in [0.2, 0.25) is 0 Å². The van der Waals surface area contributed by atoms with Gasteiger partial charge in [-0.25, -0.2) is 0 Å². The second-order valence-corrected chi connectivity index (χ2v) is 11.1.